The fraction of sp³-hybridized carbons (Fsp3) is 0.571. The van der Waals surface area contributed by atoms with Crippen LogP contribution in [-0.4, -0.2) is 65.0 Å². The monoisotopic (exact) mass is 527 g/mol. The van der Waals surface area contributed by atoms with Gasteiger partial charge in [-0.2, -0.15) is 5.10 Å². The van der Waals surface area contributed by atoms with E-state index in [1.54, 1.807) is 18.1 Å². The van der Waals surface area contributed by atoms with Crippen LogP contribution in [-0.2, 0) is 24.9 Å². The van der Waals surface area contributed by atoms with E-state index in [9.17, 15) is 0 Å². The molecule has 1 aromatic carbocycles. The third-order valence-electron chi connectivity index (χ3n) is 5.19. The van der Waals surface area contributed by atoms with Gasteiger partial charge < -0.3 is 15.4 Å². The van der Waals surface area contributed by atoms with Crippen LogP contribution in [0, 0.1) is 0 Å². The predicted octanol–water partition coefficient (Wildman–Crippen LogP) is 2.17. The van der Waals surface area contributed by atoms with Gasteiger partial charge in [0.05, 0.1) is 12.6 Å². The molecule has 1 aromatic heterocycles. The number of aromatic nitrogens is 3. The van der Waals surface area contributed by atoms with Crippen LogP contribution in [0.25, 0.3) is 0 Å². The van der Waals surface area contributed by atoms with Crippen molar-refractivity contribution in [2.45, 2.75) is 38.5 Å². The summed E-state index contributed by atoms with van der Waals surface area (Å²) in [6.07, 6.45) is 5.11. The van der Waals surface area contributed by atoms with Crippen LogP contribution in [0.3, 0.4) is 0 Å². The molecule has 1 aliphatic rings. The van der Waals surface area contributed by atoms with Gasteiger partial charge in [0.1, 0.15) is 12.2 Å². The number of hydrogen-bond donors (Lipinski definition) is 2. The molecule has 0 amide bonds. The maximum Gasteiger partial charge on any atom is 0.191 e. The molecule has 0 unspecified atom stereocenters. The van der Waals surface area contributed by atoms with E-state index in [-0.39, 0.29) is 24.0 Å². The topological polar surface area (TPSA) is 79.6 Å². The number of piperidine rings is 1. The molecular formula is C21H34IN7O. The van der Waals surface area contributed by atoms with Crippen LogP contribution < -0.4 is 10.6 Å². The lowest BCUT2D eigenvalue weighted by atomic mass is 10.1. The van der Waals surface area contributed by atoms with Crippen molar-refractivity contribution in [1.82, 2.24) is 30.3 Å². The zero-order chi connectivity index (χ0) is 20.3. The Kier molecular flexibility index (Phi) is 11.1. The van der Waals surface area contributed by atoms with Crippen molar-refractivity contribution < 1.29 is 4.74 Å². The molecule has 1 saturated heterocycles. The molecule has 0 atom stereocenters. The molecule has 0 radical (unpaired) electrons. The molecule has 0 aliphatic carbocycles. The van der Waals surface area contributed by atoms with E-state index in [0.717, 1.165) is 63.8 Å². The fourth-order valence-corrected chi connectivity index (χ4v) is 3.47. The molecule has 9 heteroatoms. The standard InChI is InChI=1S/C21H33N7O.HI/c1-22-21(24-15-20-25-17-26-27(20)2)23-11-6-14-29-19-9-12-28(13-10-19)16-18-7-4-3-5-8-18;/h3-5,7-8,17,19H,6,9-16H2,1-2H3,(H2,22,23,24);1H. The Hall–Kier alpha value is -1.72. The number of nitrogens with zero attached hydrogens (tertiary/aromatic N) is 5. The minimum atomic E-state index is 0. The van der Waals surface area contributed by atoms with Crippen LogP contribution in [0.1, 0.15) is 30.7 Å². The maximum atomic E-state index is 6.08. The molecule has 1 fully saturated rings. The minimum absolute atomic E-state index is 0. The van der Waals surface area contributed by atoms with Gasteiger partial charge in [0.2, 0.25) is 0 Å². The highest BCUT2D eigenvalue weighted by Crippen LogP contribution is 2.16. The van der Waals surface area contributed by atoms with Crippen LogP contribution >= 0.6 is 24.0 Å². The summed E-state index contributed by atoms with van der Waals surface area (Å²) in [7, 11) is 3.65. The van der Waals surface area contributed by atoms with E-state index < -0.39 is 0 Å². The molecule has 0 spiro atoms. The number of rotatable bonds is 9. The normalized spacial score (nSPS) is 15.6. The number of guanidine groups is 1. The van der Waals surface area contributed by atoms with Gasteiger partial charge in [-0.15, -0.1) is 24.0 Å². The lowest BCUT2D eigenvalue weighted by Crippen LogP contribution is -2.38. The number of halogens is 1. The van der Waals surface area contributed by atoms with E-state index in [1.165, 1.54) is 5.56 Å². The summed E-state index contributed by atoms with van der Waals surface area (Å²) in [5.41, 5.74) is 1.39. The maximum absolute atomic E-state index is 6.08. The van der Waals surface area contributed by atoms with Gasteiger partial charge in [-0.05, 0) is 24.8 Å². The summed E-state index contributed by atoms with van der Waals surface area (Å²) in [6.45, 7) is 5.45. The van der Waals surface area contributed by atoms with Crippen LogP contribution in [0.5, 0.6) is 0 Å². The Balaban J connectivity index is 0.00000320. The molecule has 3 rings (SSSR count). The average molecular weight is 527 g/mol. The molecule has 1 aliphatic heterocycles. The number of aliphatic imine (C=N–C) groups is 1. The summed E-state index contributed by atoms with van der Waals surface area (Å²) in [5, 5.41) is 10.6. The van der Waals surface area contributed by atoms with Crippen molar-refractivity contribution >= 4 is 29.9 Å². The lowest BCUT2D eigenvalue weighted by molar-refractivity contribution is 0.00534. The summed E-state index contributed by atoms with van der Waals surface area (Å²) in [6, 6.07) is 10.7. The van der Waals surface area contributed by atoms with Gasteiger partial charge in [0, 0.05) is 46.9 Å². The summed E-state index contributed by atoms with van der Waals surface area (Å²) < 4.78 is 7.83. The highest BCUT2D eigenvalue weighted by molar-refractivity contribution is 14.0. The summed E-state index contributed by atoms with van der Waals surface area (Å²) >= 11 is 0. The van der Waals surface area contributed by atoms with Gasteiger partial charge in [-0.3, -0.25) is 14.6 Å². The quantitative estimate of drug-likeness (QED) is 0.225. The molecule has 8 nitrogen and oxygen atoms in total. The van der Waals surface area contributed by atoms with Gasteiger partial charge >= 0.3 is 0 Å². The van der Waals surface area contributed by atoms with Gasteiger partial charge in [0.25, 0.3) is 0 Å². The second-order valence-electron chi connectivity index (χ2n) is 7.34. The van der Waals surface area contributed by atoms with E-state index in [1.807, 2.05) is 7.05 Å². The number of benzene rings is 1. The zero-order valence-electron chi connectivity index (χ0n) is 18.0. The van der Waals surface area contributed by atoms with E-state index in [4.69, 9.17) is 4.74 Å². The first-order valence-electron chi connectivity index (χ1n) is 10.4. The first kappa shape index (κ1) is 24.5. The van der Waals surface area contributed by atoms with Crippen molar-refractivity contribution in [3.8, 4) is 0 Å². The smallest absolute Gasteiger partial charge is 0.191 e. The molecular weight excluding hydrogens is 493 g/mol. The Morgan fingerprint density at radius 3 is 2.63 bits per heavy atom. The van der Waals surface area contributed by atoms with Crippen molar-refractivity contribution in [3.63, 3.8) is 0 Å². The lowest BCUT2D eigenvalue weighted by Gasteiger charge is -2.32. The fourth-order valence-electron chi connectivity index (χ4n) is 3.47. The number of hydrogen-bond acceptors (Lipinski definition) is 5. The Bertz CT molecular complexity index is 745. The van der Waals surface area contributed by atoms with Crippen molar-refractivity contribution in [3.05, 3.63) is 48.0 Å². The number of likely N-dealkylation sites (tertiary alicyclic amines) is 1. The molecule has 0 saturated carbocycles. The summed E-state index contributed by atoms with van der Waals surface area (Å²) in [4.78, 5) is 11.0. The van der Waals surface area contributed by atoms with Crippen LogP contribution in [0.4, 0.5) is 0 Å². The van der Waals surface area contributed by atoms with Crippen molar-refractivity contribution in [2.75, 3.05) is 33.3 Å². The van der Waals surface area contributed by atoms with Gasteiger partial charge in [0.15, 0.2) is 5.96 Å². The highest BCUT2D eigenvalue weighted by Gasteiger charge is 2.19. The molecule has 2 aromatic rings. The molecule has 0 bridgehead atoms. The Morgan fingerprint density at radius 2 is 1.97 bits per heavy atom. The van der Waals surface area contributed by atoms with Gasteiger partial charge in [-0.1, -0.05) is 30.3 Å². The molecule has 2 heterocycles. The minimum Gasteiger partial charge on any atom is -0.378 e. The molecule has 30 heavy (non-hydrogen) atoms. The van der Waals surface area contributed by atoms with Gasteiger partial charge in [-0.25, -0.2) is 4.98 Å². The number of ether oxygens (including phenoxy) is 1. The second-order valence-corrected chi connectivity index (χ2v) is 7.34. The first-order valence-corrected chi connectivity index (χ1v) is 10.4. The number of aryl methyl sites for hydroxylation is 1. The third-order valence-corrected chi connectivity index (χ3v) is 5.19. The Morgan fingerprint density at radius 1 is 1.20 bits per heavy atom. The SMILES string of the molecule is CN=C(NCCCOC1CCN(Cc2ccccc2)CC1)NCc1ncnn1C.I. The van der Waals surface area contributed by atoms with Crippen molar-refractivity contribution in [2.24, 2.45) is 12.0 Å². The van der Waals surface area contributed by atoms with Crippen molar-refractivity contribution in [1.29, 1.82) is 0 Å². The second kappa shape index (κ2) is 13.6. The third kappa shape index (κ3) is 8.19. The highest BCUT2D eigenvalue weighted by atomic mass is 127. The first-order chi connectivity index (χ1) is 14.2. The van der Waals surface area contributed by atoms with E-state index >= 15 is 0 Å². The average Bonchev–Trinajstić information content (AvgIpc) is 3.17. The Labute approximate surface area is 196 Å². The summed E-state index contributed by atoms with van der Waals surface area (Å²) in [5.74, 6) is 1.64. The van der Waals surface area contributed by atoms with E-state index in [2.05, 4.69) is 60.9 Å². The zero-order valence-corrected chi connectivity index (χ0v) is 20.3. The molecule has 166 valence electrons. The van der Waals surface area contributed by atoms with E-state index in [0.29, 0.717) is 12.6 Å². The predicted molar refractivity (Wildman–Crippen MR) is 130 cm³/mol. The van der Waals surface area contributed by atoms with Crippen LogP contribution in [0.2, 0.25) is 0 Å². The van der Waals surface area contributed by atoms with Crippen LogP contribution in [0.15, 0.2) is 41.7 Å². The number of nitrogens with one attached hydrogen (secondary N) is 2. The molecule has 2 N–H and O–H groups in total. The largest absolute Gasteiger partial charge is 0.378 e.